The minimum atomic E-state index is -0.263. The molecule has 3 nitrogen and oxygen atoms in total. The van der Waals surface area contributed by atoms with Crippen LogP contribution in [0.3, 0.4) is 0 Å². The van der Waals surface area contributed by atoms with E-state index in [1.165, 1.54) is 441 Å². The lowest BCUT2D eigenvalue weighted by Gasteiger charge is -2.15. The van der Waals surface area contributed by atoms with Crippen molar-refractivity contribution >= 4 is 140 Å². The highest BCUT2D eigenvalue weighted by atomic mass is 32.1. The van der Waals surface area contributed by atoms with E-state index in [2.05, 4.69) is 130 Å². The van der Waals surface area contributed by atoms with E-state index in [1.807, 2.05) is 22.7 Å². The molecule has 10 aromatic rings. The summed E-state index contributed by atoms with van der Waals surface area (Å²) < 4.78 is 8.36. The molecule has 11 rings (SSSR count). The maximum atomic E-state index is 13.7. The van der Waals surface area contributed by atoms with Gasteiger partial charge in [0.15, 0.2) is 0 Å². The lowest BCUT2D eigenvalue weighted by Crippen LogP contribution is -2.20. The van der Waals surface area contributed by atoms with Crippen LogP contribution < -0.4 is 5.32 Å². The second-order valence-electron chi connectivity index (χ2n) is 36.4. The van der Waals surface area contributed by atoms with Crippen LogP contribution in [-0.4, -0.2) is 11.8 Å². The fraction of sp³-hybridized carbons (Fsp3) is 0.648. The maximum absolute atomic E-state index is 13.7. The molecule has 642 valence electrons. The van der Waals surface area contributed by atoms with E-state index in [0.29, 0.717) is 11.1 Å². The van der Waals surface area contributed by atoms with Gasteiger partial charge >= 0.3 is 0 Å². The Bertz CT molecular complexity index is 4530. The first-order valence-corrected chi connectivity index (χ1v) is 54.5. The van der Waals surface area contributed by atoms with Gasteiger partial charge in [0, 0.05) is 80.4 Å². The average Bonchev–Trinajstić information content (AvgIpc) is 1.57. The minimum absolute atomic E-state index is 0.263. The first-order chi connectivity index (χ1) is 57.7. The van der Waals surface area contributed by atoms with Crippen LogP contribution in [0.15, 0.2) is 60.7 Å². The van der Waals surface area contributed by atoms with Crippen LogP contribution in [0.2, 0.25) is 0 Å². The third-order valence-electron chi connectivity index (χ3n) is 26.5. The molecule has 0 fully saturated rings. The number of carbonyl (C=O) groups excluding carboxylic acids is 2. The Morgan fingerprint density at radius 2 is 0.530 bits per heavy atom. The molecule has 0 bridgehead atoms. The lowest BCUT2D eigenvalue weighted by atomic mass is 9.90. The van der Waals surface area contributed by atoms with Crippen molar-refractivity contribution in [3.05, 3.63) is 104 Å². The summed E-state index contributed by atoms with van der Waals surface area (Å²) in [5.74, 6) is -0.526. The van der Waals surface area contributed by atoms with Gasteiger partial charge in [0.05, 0.1) is 20.5 Å². The van der Waals surface area contributed by atoms with Gasteiger partial charge in [-0.25, -0.2) is 0 Å². The summed E-state index contributed by atoms with van der Waals surface area (Å²) >= 11 is 11.8. The molecule has 4 aromatic carbocycles. The highest BCUT2D eigenvalue weighted by molar-refractivity contribution is 7.31. The molecule has 0 saturated heterocycles. The molecule has 1 aliphatic heterocycles. The topological polar surface area (TPSA) is 46.2 Å². The van der Waals surface area contributed by atoms with Crippen molar-refractivity contribution in [3.8, 4) is 30.6 Å². The number of hydrogen-bond donors (Lipinski definition) is 1. The average molecular weight is 1690 g/mol. The number of fused-ring (bicyclic) bond motifs is 12. The molecule has 2 amide bonds. The molecular formula is C108H157NO2S6. The smallest absolute Gasteiger partial charge is 0.259 e. The van der Waals surface area contributed by atoms with Crippen LogP contribution in [-0.2, 0) is 25.7 Å². The summed E-state index contributed by atoms with van der Waals surface area (Å²) in [4.78, 5) is 35.1. The third-order valence-corrected chi connectivity index (χ3v) is 33.6. The number of amides is 2. The predicted octanol–water partition coefficient (Wildman–Crippen LogP) is 39.1. The quantitative estimate of drug-likeness (QED) is 0.0305. The zero-order valence-corrected chi connectivity index (χ0v) is 79.7. The summed E-state index contributed by atoms with van der Waals surface area (Å²) in [5.41, 5.74) is 10.5. The van der Waals surface area contributed by atoms with E-state index < -0.39 is 0 Å². The third kappa shape index (κ3) is 28.4. The summed E-state index contributed by atoms with van der Waals surface area (Å²) in [7, 11) is 0. The molecule has 1 N–H and O–H groups in total. The van der Waals surface area contributed by atoms with Crippen LogP contribution >= 0.6 is 68.0 Å². The van der Waals surface area contributed by atoms with E-state index >= 15 is 0 Å². The van der Waals surface area contributed by atoms with Crippen LogP contribution in [0.1, 0.15) is 466 Å². The van der Waals surface area contributed by atoms with Gasteiger partial charge in [-0.1, -0.05) is 387 Å². The number of benzene rings is 4. The fourth-order valence-corrected chi connectivity index (χ4v) is 26.7. The Labute approximate surface area is 736 Å². The molecule has 0 aliphatic carbocycles. The van der Waals surface area contributed by atoms with Crippen LogP contribution in [0.5, 0.6) is 0 Å². The van der Waals surface area contributed by atoms with Crippen molar-refractivity contribution in [2.24, 2.45) is 0 Å². The molecule has 7 heterocycles. The number of imide groups is 1. The Morgan fingerprint density at radius 1 is 0.239 bits per heavy atom. The molecule has 9 heteroatoms. The van der Waals surface area contributed by atoms with Crippen molar-refractivity contribution < 1.29 is 9.59 Å². The second-order valence-corrected chi connectivity index (χ2v) is 43.2. The van der Waals surface area contributed by atoms with Crippen molar-refractivity contribution in [2.75, 3.05) is 0 Å². The molecular weight excluding hydrogens is 1540 g/mol. The van der Waals surface area contributed by atoms with E-state index in [-0.39, 0.29) is 11.8 Å². The minimum Gasteiger partial charge on any atom is -0.288 e. The van der Waals surface area contributed by atoms with Crippen molar-refractivity contribution in [1.82, 2.24) is 5.32 Å². The van der Waals surface area contributed by atoms with Gasteiger partial charge < -0.3 is 0 Å². The van der Waals surface area contributed by atoms with Crippen molar-refractivity contribution in [3.63, 3.8) is 0 Å². The summed E-state index contributed by atoms with van der Waals surface area (Å²) in [6, 6.07) is 25.0. The molecule has 6 aromatic heterocycles. The zero-order chi connectivity index (χ0) is 81.4. The van der Waals surface area contributed by atoms with Gasteiger partial charge in [-0.3, -0.25) is 14.9 Å². The van der Waals surface area contributed by atoms with Crippen molar-refractivity contribution in [1.29, 1.82) is 0 Å². The highest BCUT2D eigenvalue weighted by Crippen LogP contribution is 2.53. The van der Waals surface area contributed by atoms with Gasteiger partial charge in [0.1, 0.15) is 0 Å². The number of hydrogen-bond acceptors (Lipinski definition) is 8. The number of nitrogens with one attached hydrogen (secondary N) is 1. The number of unbranched alkanes of at least 4 members (excludes halogenated alkanes) is 56. The monoisotopic (exact) mass is 1690 g/mol. The summed E-state index contributed by atoms with van der Waals surface area (Å²) in [6.45, 7) is 13.8. The van der Waals surface area contributed by atoms with Gasteiger partial charge in [-0.15, -0.1) is 68.0 Å². The number of carbonyl (C=O) groups is 2. The standard InChI is InChI=1S/C108H157NO2S6/c1-7-11-15-19-23-27-31-35-39-43-47-51-55-59-63-67-83-76-87(93-72-71-81(5)112-93)85(69-65-61-57-53-49-45-41-37-33-29-25-21-17-13-9-3)103-99(83)89-78-97-90(79-96(89)115-103)100-84(68-64-60-56-52-48-44-40-36-32-28-24-20-16-12-8-2)77-88(86(104(100)116-97)70-66-62-58-54-50-46-42-38-34-30-26-22-18-14-10-4)94-73-74-95(114-94)98-80-92-102-101(107(110)109-108(102)111)91-75-82(6)113-105(91)106(92)117-98/h71-80H,7-70H2,1-6H3,(H,109,110,111). The lowest BCUT2D eigenvalue weighted by molar-refractivity contribution is 0.0880. The highest BCUT2D eigenvalue weighted by Gasteiger charge is 2.34. The normalized spacial score (nSPS) is 12.6. The maximum Gasteiger partial charge on any atom is 0.259 e. The summed E-state index contributed by atoms with van der Waals surface area (Å²) in [5, 5.41) is 10.7. The Balaban J connectivity index is 0.908. The first-order valence-electron chi connectivity index (χ1n) is 49.6. The molecule has 0 atom stereocenters. The molecule has 0 saturated carbocycles. The molecule has 0 spiro atoms. The predicted molar refractivity (Wildman–Crippen MR) is 531 cm³/mol. The second kappa shape index (κ2) is 53.1. The van der Waals surface area contributed by atoms with Crippen molar-refractivity contribution in [2.45, 2.75) is 452 Å². The first kappa shape index (κ1) is 93.5. The van der Waals surface area contributed by atoms with E-state index in [4.69, 9.17) is 0 Å². The molecule has 117 heavy (non-hydrogen) atoms. The van der Waals surface area contributed by atoms with Gasteiger partial charge in [-0.05, 0) is 159 Å². The molecule has 0 radical (unpaired) electrons. The van der Waals surface area contributed by atoms with Gasteiger partial charge in [0.2, 0.25) is 0 Å². The Kier molecular flexibility index (Phi) is 42.4. The van der Waals surface area contributed by atoms with E-state index in [9.17, 15) is 9.59 Å². The Hall–Kier alpha value is -4.22. The molecule has 0 unspecified atom stereocenters. The van der Waals surface area contributed by atoms with Gasteiger partial charge in [-0.2, -0.15) is 0 Å². The SMILES string of the molecule is CCCCCCCCCCCCCCCCCc1c(-c2ccc(C)s2)cc(CCCCCCCCCCCCCCCCC)c2c1sc1cc3c(cc12)sc1c(CCCCCCCCCCCCCCCCC)c(-c2ccc(-c4cc5c6c(c7cc(C)sc7c5s4)C(=O)NC6=O)s2)cc(CCCCCCCCCCCCCCCCC)c13. The number of thiophene rings is 6. The Morgan fingerprint density at radius 3 is 0.863 bits per heavy atom. The molecule has 1 aliphatic rings. The number of rotatable bonds is 67. The van der Waals surface area contributed by atoms with Crippen LogP contribution in [0.4, 0.5) is 0 Å². The van der Waals surface area contributed by atoms with Crippen LogP contribution in [0.25, 0.3) is 91.2 Å². The fourth-order valence-electron chi connectivity index (χ4n) is 19.6. The van der Waals surface area contributed by atoms with E-state index in [1.54, 1.807) is 65.1 Å². The van der Waals surface area contributed by atoms with Gasteiger partial charge in [0.25, 0.3) is 11.8 Å². The summed E-state index contributed by atoms with van der Waals surface area (Å²) in [6.07, 6.45) is 87.5. The van der Waals surface area contributed by atoms with E-state index in [0.717, 1.165) is 50.7 Å². The zero-order valence-electron chi connectivity index (χ0n) is 74.8. The largest absolute Gasteiger partial charge is 0.288 e. The number of aryl methyl sites for hydroxylation is 6. The van der Waals surface area contributed by atoms with Crippen LogP contribution in [0, 0.1) is 13.8 Å².